The maximum atomic E-state index is 13.0. The summed E-state index contributed by atoms with van der Waals surface area (Å²) in [5.74, 6) is 0.0988. The van der Waals surface area contributed by atoms with E-state index in [0.29, 0.717) is 12.8 Å². The normalized spacial score (nSPS) is 14.1. The quantitative estimate of drug-likeness (QED) is 0.675. The predicted molar refractivity (Wildman–Crippen MR) is 50.6 cm³/mol. The van der Waals surface area contributed by atoms with Crippen molar-refractivity contribution in [3.8, 4) is 0 Å². The Morgan fingerprint density at radius 3 is 2.10 bits per heavy atom. The van der Waals surface area contributed by atoms with Gasteiger partial charge in [-0.25, -0.2) is 4.39 Å². The molecule has 0 saturated heterocycles. The Hall–Kier alpha value is 0.890. The zero-order valence-corrected chi connectivity index (χ0v) is 9.00. The lowest BCUT2D eigenvalue weighted by molar-refractivity contribution is 0.249. The first-order valence-corrected chi connectivity index (χ1v) is 5.55. The van der Waals surface area contributed by atoms with Gasteiger partial charge in [0.05, 0.1) is 0 Å². The molecule has 0 saturated carbocycles. The van der Waals surface area contributed by atoms with E-state index in [1.165, 1.54) is 0 Å². The molecule has 0 bridgehead atoms. The molecule has 0 amide bonds. The van der Waals surface area contributed by atoms with Gasteiger partial charge in [0.15, 0.2) is 0 Å². The minimum atomic E-state index is -0.712. The molecule has 10 heavy (non-hydrogen) atoms. The molecule has 0 aliphatic carbocycles. The van der Waals surface area contributed by atoms with Crippen LogP contribution in [0.25, 0.3) is 0 Å². The lowest BCUT2D eigenvalue weighted by Gasteiger charge is -2.14. The van der Waals surface area contributed by atoms with E-state index in [0.717, 1.165) is 10.7 Å². The fraction of sp³-hybridized carbons (Fsp3) is 0.857. The Balaban J connectivity index is 3.53. The molecule has 0 fully saturated rings. The summed E-state index contributed by atoms with van der Waals surface area (Å²) >= 11 is 6.51. The Morgan fingerprint density at radius 1 is 1.30 bits per heavy atom. The molecule has 0 rings (SSSR count). The van der Waals surface area contributed by atoms with Gasteiger partial charge in [-0.05, 0) is 6.42 Å². The Labute approximate surface area is 78.8 Å². The fourth-order valence-electron chi connectivity index (χ4n) is 0.665. The number of halogens is 3. The van der Waals surface area contributed by atoms with Crippen LogP contribution in [-0.4, -0.2) is 16.8 Å². The van der Waals surface area contributed by atoms with E-state index in [2.05, 4.69) is 38.8 Å². The summed E-state index contributed by atoms with van der Waals surface area (Å²) in [6.07, 6.45) is 0.538. The molecule has 3 heteroatoms. The number of hydrogen-bond donors (Lipinski definition) is 0. The summed E-state index contributed by atoms with van der Waals surface area (Å²) in [5.41, 5.74) is 0. The molecule has 0 nitrogen and oxygen atoms in total. The minimum Gasteiger partial charge on any atom is -0.247 e. The predicted octanol–water partition coefficient (Wildman–Crippen LogP) is 3.34. The first kappa shape index (κ1) is 10.9. The van der Waals surface area contributed by atoms with E-state index in [9.17, 15) is 4.39 Å². The third-order valence-corrected chi connectivity index (χ3v) is 3.05. The topological polar surface area (TPSA) is 0 Å². The first-order valence-electron chi connectivity index (χ1n) is 3.31. The van der Waals surface area contributed by atoms with Crippen LogP contribution < -0.4 is 0 Å². The van der Waals surface area contributed by atoms with Crippen LogP contribution in [-0.2, 0) is 0 Å². The second kappa shape index (κ2) is 6.59. The van der Waals surface area contributed by atoms with Crippen molar-refractivity contribution in [3.63, 3.8) is 0 Å². The van der Waals surface area contributed by atoms with E-state index in [1.54, 1.807) is 0 Å². The van der Waals surface area contributed by atoms with E-state index in [-0.39, 0.29) is 5.92 Å². The summed E-state index contributed by atoms with van der Waals surface area (Å²) in [6, 6.07) is 0. The van der Waals surface area contributed by atoms with Gasteiger partial charge in [0.25, 0.3) is 0 Å². The highest BCUT2D eigenvalue weighted by Crippen LogP contribution is 2.17. The molecule has 61 valence electrons. The third-order valence-electron chi connectivity index (χ3n) is 1.39. The number of alkyl halides is 3. The molecule has 1 atom stereocenters. The zero-order chi connectivity index (χ0) is 7.98. The molecule has 1 unspecified atom stereocenters. The largest absolute Gasteiger partial charge is 0.247 e. The van der Waals surface area contributed by atoms with Gasteiger partial charge in [0.1, 0.15) is 6.17 Å². The summed E-state index contributed by atoms with van der Waals surface area (Å²) in [7, 11) is 0. The summed E-state index contributed by atoms with van der Waals surface area (Å²) in [6.45, 7) is 3.61. The molecule has 0 aromatic heterocycles. The lowest BCUT2D eigenvalue weighted by Crippen LogP contribution is -2.18. The van der Waals surface area contributed by atoms with Crippen LogP contribution in [0, 0.1) is 12.8 Å². The van der Waals surface area contributed by atoms with Crippen molar-refractivity contribution in [2.24, 2.45) is 5.92 Å². The summed E-state index contributed by atoms with van der Waals surface area (Å²) in [5, 5.41) is 1.44. The summed E-state index contributed by atoms with van der Waals surface area (Å²) in [4.78, 5) is 0. The molecule has 0 spiro atoms. The van der Waals surface area contributed by atoms with Crippen LogP contribution in [0.4, 0.5) is 4.39 Å². The van der Waals surface area contributed by atoms with Gasteiger partial charge in [0, 0.05) is 16.6 Å². The van der Waals surface area contributed by atoms with Crippen molar-refractivity contribution in [2.75, 3.05) is 10.7 Å². The lowest BCUT2D eigenvalue weighted by atomic mass is 10.0. The molecule has 0 aliphatic heterocycles. The molecule has 0 aromatic rings. The van der Waals surface area contributed by atoms with Crippen LogP contribution in [0.2, 0.25) is 0 Å². The Bertz CT molecular complexity index is 74.0. The molecule has 0 aromatic carbocycles. The van der Waals surface area contributed by atoms with Gasteiger partial charge >= 0.3 is 0 Å². The van der Waals surface area contributed by atoms with Crippen LogP contribution in [0.3, 0.4) is 0 Å². The van der Waals surface area contributed by atoms with Gasteiger partial charge in [-0.3, -0.25) is 0 Å². The molecule has 0 N–H and O–H groups in total. The smallest absolute Gasteiger partial charge is 0.105 e. The van der Waals surface area contributed by atoms with Gasteiger partial charge < -0.3 is 0 Å². The van der Waals surface area contributed by atoms with Crippen LogP contribution >= 0.6 is 31.9 Å². The van der Waals surface area contributed by atoms with E-state index in [4.69, 9.17) is 0 Å². The Morgan fingerprint density at radius 2 is 1.80 bits per heavy atom. The van der Waals surface area contributed by atoms with Crippen molar-refractivity contribution in [3.05, 3.63) is 6.92 Å². The molecule has 1 radical (unpaired) electrons. The van der Waals surface area contributed by atoms with Gasteiger partial charge in [-0.1, -0.05) is 45.2 Å². The molecule has 0 aliphatic rings. The van der Waals surface area contributed by atoms with E-state index >= 15 is 0 Å². The highest BCUT2D eigenvalue weighted by molar-refractivity contribution is 9.09. The third kappa shape index (κ3) is 3.91. The van der Waals surface area contributed by atoms with Gasteiger partial charge in [-0.2, -0.15) is 0 Å². The van der Waals surface area contributed by atoms with E-state index < -0.39 is 6.17 Å². The minimum absolute atomic E-state index is 0.0988. The second-order valence-corrected chi connectivity index (χ2v) is 3.52. The van der Waals surface area contributed by atoms with Crippen LogP contribution in [0.15, 0.2) is 0 Å². The summed E-state index contributed by atoms with van der Waals surface area (Å²) < 4.78 is 13.0. The molecular weight excluding hydrogens is 263 g/mol. The second-order valence-electron chi connectivity index (χ2n) is 2.23. The van der Waals surface area contributed by atoms with Crippen LogP contribution in [0.5, 0.6) is 0 Å². The fourth-order valence-corrected chi connectivity index (χ4v) is 2.55. The number of rotatable bonds is 5. The molecule has 0 heterocycles. The SMILES string of the molecule is [CH2]CCC(F)C(CBr)CBr. The maximum Gasteiger partial charge on any atom is 0.105 e. The highest BCUT2D eigenvalue weighted by atomic mass is 79.9. The van der Waals surface area contributed by atoms with Crippen molar-refractivity contribution in [1.29, 1.82) is 0 Å². The van der Waals surface area contributed by atoms with Crippen molar-refractivity contribution < 1.29 is 4.39 Å². The standard InChI is InChI=1S/C7H12Br2F/c1-2-3-7(10)6(4-8)5-9/h6-7H,1-5H2. The van der Waals surface area contributed by atoms with Gasteiger partial charge in [-0.15, -0.1) is 0 Å². The van der Waals surface area contributed by atoms with Crippen molar-refractivity contribution in [1.82, 2.24) is 0 Å². The average molecular weight is 275 g/mol. The molecular formula is C7H12Br2F. The maximum absolute atomic E-state index is 13.0. The monoisotopic (exact) mass is 273 g/mol. The average Bonchev–Trinajstić information content (AvgIpc) is 1.91. The number of hydrogen-bond acceptors (Lipinski definition) is 0. The zero-order valence-electron chi connectivity index (χ0n) is 5.82. The van der Waals surface area contributed by atoms with Crippen LogP contribution in [0.1, 0.15) is 12.8 Å². The van der Waals surface area contributed by atoms with Crippen molar-refractivity contribution >= 4 is 31.9 Å². The first-order chi connectivity index (χ1) is 4.76. The highest BCUT2D eigenvalue weighted by Gasteiger charge is 2.17. The Kier molecular flexibility index (Phi) is 7.18. The van der Waals surface area contributed by atoms with E-state index in [1.807, 2.05) is 0 Å². The van der Waals surface area contributed by atoms with Gasteiger partial charge in [0.2, 0.25) is 0 Å². The van der Waals surface area contributed by atoms with Crippen molar-refractivity contribution in [2.45, 2.75) is 19.0 Å².